The highest BCUT2D eigenvalue weighted by molar-refractivity contribution is 5.25. The van der Waals surface area contributed by atoms with Gasteiger partial charge >= 0.3 is 0 Å². The second-order valence-electron chi connectivity index (χ2n) is 12.8. The third-order valence-corrected chi connectivity index (χ3v) is 10.6. The van der Waals surface area contributed by atoms with Crippen LogP contribution in [0, 0.1) is 46.3 Å². The van der Waals surface area contributed by atoms with E-state index in [0.717, 1.165) is 48.3 Å². The van der Waals surface area contributed by atoms with Gasteiger partial charge in [0.15, 0.2) is 0 Å². The first kappa shape index (κ1) is 24.7. The molecule has 0 aliphatic heterocycles. The third kappa shape index (κ3) is 4.60. The number of fused-ring (bicyclic) bond motifs is 5. The Morgan fingerprint density at radius 3 is 2.59 bits per heavy atom. The Kier molecular flexibility index (Phi) is 7.79. The molecule has 0 aromatic carbocycles. The maximum absolute atomic E-state index is 8.95. The first-order valence-corrected chi connectivity index (χ1v) is 13.9. The molecule has 0 radical (unpaired) electrons. The van der Waals surface area contributed by atoms with E-state index < -0.39 is 0 Å². The van der Waals surface area contributed by atoms with Crippen molar-refractivity contribution in [3.63, 3.8) is 0 Å². The predicted molar refractivity (Wildman–Crippen MR) is 131 cm³/mol. The fourth-order valence-corrected chi connectivity index (χ4v) is 8.92. The van der Waals surface area contributed by atoms with Gasteiger partial charge in [-0.25, -0.2) is 9.78 Å². The highest BCUT2D eigenvalue weighted by Gasteiger charge is 2.59. The second-order valence-corrected chi connectivity index (χ2v) is 12.8. The van der Waals surface area contributed by atoms with Gasteiger partial charge in [-0.15, -0.1) is 0 Å². The quantitative estimate of drug-likeness (QED) is 0.174. The van der Waals surface area contributed by atoms with Gasteiger partial charge in [0.2, 0.25) is 0 Å². The van der Waals surface area contributed by atoms with Crippen molar-refractivity contribution in [3.05, 3.63) is 11.6 Å². The smallest absolute Gasteiger partial charge is 0.105 e. The third-order valence-electron chi connectivity index (χ3n) is 10.6. The zero-order chi connectivity index (χ0) is 22.9. The minimum Gasteiger partial charge on any atom is -0.394 e. The number of aliphatic hydroxyl groups excluding tert-OH is 1. The maximum Gasteiger partial charge on any atom is 0.105 e. The van der Waals surface area contributed by atoms with E-state index >= 15 is 0 Å². The Morgan fingerprint density at radius 2 is 1.84 bits per heavy atom. The van der Waals surface area contributed by atoms with Crippen LogP contribution in [0.15, 0.2) is 11.6 Å². The molecule has 32 heavy (non-hydrogen) atoms. The number of hydrogen-bond donors (Lipinski definition) is 1. The Hall–Kier alpha value is -0.380. The number of allylic oxidation sites excluding steroid dienone is 1. The molecule has 8 atom stereocenters. The minimum atomic E-state index is 0.0222. The van der Waals surface area contributed by atoms with E-state index in [9.17, 15) is 0 Å². The lowest BCUT2D eigenvalue weighted by Crippen LogP contribution is -2.51. The lowest BCUT2D eigenvalue weighted by atomic mass is 9.47. The summed E-state index contributed by atoms with van der Waals surface area (Å²) < 4.78 is 0. The lowest BCUT2D eigenvalue weighted by molar-refractivity contribution is -0.331. The summed E-state index contributed by atoms with van der Waals surface area (Å²) in [5, 5.41) is 8.95. The molecule has 4 aliphatic carbocycles. The molecule has 3 saturated carbocycles. The van der Waals surface area contributed by atoms with Crippen molar-refractivity contribution in [3.8, 4) is 0 Å². The van der Waals surface area contributed by atoms with Gasteiger partial charge in [0, 0.05) is 0 Å². The van der Waals surface area contributed by atoms with Crippen LogP contribution in [-0.2, 0) is 9.78 Å². The van der Waals surface area contributed by atoms with Crippen LogP contribution in [0.4, 0.5) is 0 Å². The van der Waals surface area contributed by atoms with Gasteiger partial charge in [0.25, 0.3) is 0 Å². The Balaban J connectivity index is 1.42. The van der Waals surface area contributed by atoms with Crippen molar-refractivity contribution in [1.29, 1.82) is 0 Å². The van der Waals surface area contributed by atoms with E-state index in [-0.39, 0.29) is 19.3 Å². The molecule has 3 nitrogen and oxygen atoms in total. The molecule has 4 aliphatic rings. The van der Waals surface area contributed by atoms with Gasteiger partial charge in [-0.3, -0.25) is 0 Å². The van der Waals surface area contributed by atoms with E-state index in [1.165, 1.54) is 57.8 Å². The summed E-state index contributed by atoms with van der Waals surface area (Å²) in [5.41, 5.74) is 2.57. The molecule has 0 amide bonds. The SMILES string of the molecule is CC(C)CCCC(C)C1CCC2C3CC=C4CC(OOCCO)CCC4(C)C3CCC12C. The summed E-state index contributed by atoms with van der Waals surface area (Å²) in [5.74, 6) is 5.34. The van der Waals surface area contributed by atoms with E-state index in [2.05, 4.69) is 40.7 Å². The summed E-state index contributed by atoms with van der Waals surface area (Å²) in [6, 6.07) is 0. The molecule has 0 saturated heterocycles. The van der Waals surface area contributed by atoms with Gasteiger partial charge in [-0.1, -0.05) is 65.5 Å². The average Bonchev–Trinajstić information content (AvgIpc) is 3.11. The summed E-state index contributed by atoms with van der Waals surface area (Å²) in [6.07, 6.45) is 17.4. The van der Waals surface area contributed by atoms with Crippen molar-refractivity contribution in [2.24, 2.45) is 46.3 Å². The van der Waals surface area contributed by atoms with E-state index in [1.807, 2.05) is 0 Å². The molecular weight excluding hydrogens is 396 g/mol. The van der Waals surface area contributed by atoms with Crippen molar-refractivity contribution in [2.45, 2.75) is 111 Å². The van der Waals surface area contributed by atoms with Gasteiger partial charge in [-0.2, -0.15) is 0 Å². The normalized spacial score (nSPS) is 42.2. The molecule has 3 heteroatoms. The van der Waals surface area contributed by atoms with Crippen LogP contribution in [0.25, 0.3) is 0 Å². The highest BCUT2D eigenvalue weighted by atomic mass is 17.2. The molecule has 0 aromatic heterocycles. The number of rotatable bonds is 9. The molecule has 0 spiro atoms. The van der Waals surface area contributed by atoms with Crippen molar-refractivity contribution < 1.29 is 14.9 Å². The van der Waals surface area contributed by atoms with Crippen LogP contribution >= 0.6 is 0 Å². The summed E-state index contributed by atoms with van der Waals surface area (Å²) in [7, 11) is 0. The van der Waals surface area contributed by atoms with Gasteiger partial charge in [-0.05, 0) is 97.7 Å². The van der Waals surface area contributed by atoms with Gasteiger partial charge in [0.05, 0.1) is 12.7 Å². The molecule has 3 fully saturated rings. The monoisotopic (exact) mass is 446 g/mol. The van der Waals surface area contributed by atoms with Crippen LogP contribution < -0.4 is 0 Å². The molecule has 184 valence electrons. The van der Waals surface area contributed by atoms with E-state index in [0.29, 0.717) is 10.8 Å². The van der Waals surface area contributed by atoms with Crippen LogP contribution in [0.1, 0.15) is 105 Å². The van der Waals surface area contributed by atoms with Crippen LogP contribution in [0.3, 0.4) is 0 Å². The minimum absolute atomic E-state index is 0.0222. The molecule has 1 N–H and O–H groups in total. The first-order valence-electron chi connectivity index (χ1n) is 13.9. The average molecular weight is 447 g/mol. The largest absolute Gasteiger partial charge is 0.394 e. The fourth-order valence-electron chi connectivity index (χ4n) is 8.92. The van der Waals surface area contributed by atoms with Gasteiger partial charge in [0.1, 0.15) is 6.61 Å². The van der Waals surface area contributed by atoms with Crippen LogP contribution in [0.5, 0.6) is 0 Å². The molecule has 0 bridgehead atoms. The van der Waals surface area contributed by atoms with E-state index in [4.69, 9.17) is 14.9 Å². The Bertz CT molecular complexity index is 657. The molecule has 0 aromatic rings. The number of hydrogen-bond acceptors (Lipinski definition) is 3. The van der Waals surface area contributed by atoms with Crippen LogP contribution in [0.2, 0.25) is 0 Å². The number of aliphatic hydroxyl groups is 1. The molecule has 0 heterocycles. The van der Waals surface area contributed by atoms with Crippen molar-refractivity contribution in [2.75, 3.05) is 13.2 Å². The topological polar surface area (TPSA) is 38.7 Å². The lowest BCUT2D eigenvalue weighted by Gasteiger charge is -2.58. The van der Waals surface area contributed by atoms with Gasteiger partial charge < -0.3 is 5.11 Å². The van der Waals surface area contributed by atoms with Crippen molar-refractivity contribution >= 4 is 0 Å². The van der Waals surface area contributed by atoms with Crippen molar-refractivity contribution in [1.82, 2.24) is 0 Å². The first-order chi connectivity index (χ1) is 15.3. The molecule has 8 unspecified atom stereocenters. The maximum atomic E-state index is 8.95. The summed E-state index contributed by atoms with van der Waals surface area (Å²) >= 11 is 0. The zero-order valence-electron chi connectivity index (χ0n) is 21.6. The highest BCUT2D eigenvalue weighted by Crippen LogP contribution is 2.67. The molecule has 4 rings (SSSR count). The second kappa shape index (κ2) is 10.1. The Morgan fingerprint density at radius 1 is 1.03 bits per heavy atom. The van der Waals surface area contributed by atoms with Crippen LogP contribution in [-0.4, -0.2) is 24.4 Å². The summed E-state index contributed by atoms with van der Waals surface area (Å²) in [4.78, 5) is 10.8. The fraction of sp³-hybridized carbons (Fsp3) is 0.931. The standard InChI is InChI=1S/C29H50O3/c1-20(2)7-6-8-21(3)25-11-12-26-24-10-9-22-19-23(32-31-18-17-30)13-15-28(22,4)27(24)14-16-29(25,26)5/h9,20-21,23-27,30H,6-8,10-19H2,1-5H3. The zero-order valence-corrected chi connectivity index (χ0v) is 21.6. The summed E-state index contributed by atoms with van der Waals surface area (Å²) in [6.45, 7) is 12.9. The predicted octanol–water partition coefficient (Wildman–Crippen LogP) is 7.34. The molecular formula is C29H50O3. The Labute approximate surface area is 197 Å². The van der Waals surface area contributed by atoms with E-state index in [1.54, 1.807) is 5.57 Å².